The van der Waals surface area contributed by atoms with E-state index in [0.717, 1.165) is 7.11 Å². The average Bonchev–Trinajstić information content (AvgIpc) is 4.04. The Balaban J connectivity index is -0.0000000875. The van der Waals surface area contributed by atoms with Gasteiger partial charge in [0.15, 0.2) is 0 Å². The van der Waals surface area contributed by atoms with Crippen molar-refractivity contribution in [3.63, 3.8) is 0 Å². The first-order valence-corrected chi connectivity index (χ1v) is 16.0. The van der Waals surface area contributed by atoms with Crippen molar-refractivity contribution in [1.29, 1.82) is 0 Å². The Bertz CT molecular complexity index is 1170. The highest BCUT2D eigenvalue weighted by Gasteiger charge is 1.95. The molecule has 0 saturated heterocycles. The van der Waals surface area contributed by atoms with E-state index in [1.807, 2.05) is 134 Å². The van der Waals surface area contributed by atoms with E-state index in [0.29, 0.717) is 0 Å². The number of aryl methyl sites for hydroxylation is 3. The smallest absolute Gasteiger partial charge is 0.0319 e. The van der Waals surface area contributed by atoms with E-state index in [4.69, 9.17) is 5.11 Å². The van der Waals surface area contributed by atoms with Gasteiger partial charge in [0.2, 0.25) is 0 Å². The Morgan fingerprint density at radius 2 is 0.569 bits per heavy atom. The summed E-state index contributed by atoms with van der Waals surface area (Å²) in [6, 6.07) is 50.8. The minimum atomic E-state index is 0. The Labute approximate surface area is 327 Å². The molecular weight excluding hydrogens is 694 g/mol. The maximum absolute atomic E-state index is 7.00. The molecule has 5 aromatic carbocycles. The van der Waals surface area contributed by atoms with Crippen LogP contribution in [0.1, 0.15) is 54.0 Å². The second kappa shape index (κ2) is 53.7. The van der Waals surface area contributed by atoms with Crippen molar-refractivity contribution in [2.75, 3.05) is 14.2 Å². The van der Waals surface area contributed by atoms with Crippen molar-refractivity contribution >= 4 is 51.7 Å². The molecule has 0 heterocycles. The highest BCUT2D eigenvalue weighted by Crippen LogP contribution is 2.14. The zero-order valence-corrected chi connectivity index (χ0v) is 38.4. The number of allylic oxidation sites excluding steroid dienone is 1. The van der Waals surface area contributed by atoms with Crippen LogP contribution in [0.2, 0.25) is 0 Å². The standard InChI is InChI=1S/2C8H8.3C7H8.2C3H6.CH5N.CH4O.4H3P/c2*1-2-8-6-4-3-5-7-8;3*1-7-5-3-2-4-6-7;1-2-3-1;1-3-2;2*1-2;;;;/h2*2-7H,1H2;3*2-6H,1H3;1-3H2;3H,1H2,2H3;2H2,1H3;2H,1H3;4*1H3. The van der Waals surface area contributed by atoms with E-state index >= 15 is 0 Å². The molecule has 0 aromatic heterocycles. The Hall–Kier alpha value is -3.04. The summed E-state index contributed by atoms with van der Waals surface area (Å²) >= 11 is 0. The lowest BCUT2D eigenvalue weighted by Crippen LogP contribution is -1.69. The molecule has 4 unspecified atom stereocenters. The van der Waals surface area contributed by atoms with Crippen molar-refractivity contribution in [3.05, 3.63) is 205 Å². The van der Waals surface area contributed by atoms with Crippen LogP contribution in [0.15, 0.2) is 177 Å². The first-order valence-electron chi connectivity index (χ1n) is 16.0. The Morgan fingerprint density at radius 3 is 0.647 bits per heavy atom. The molecule has 3 N–H and O–H groups in total. The van der Waals surface area contributed by atoms with Crippen LogP contribution in [-0.4, -0.2) is 19.3 Å². The van der Waals surface area contributed by atoms with Gasteiger partial charge in [-0.25, -0.2) is 0 Å². The minimum Gasteiger partial charge on any atom is -0.400 e. The molecule has 0 aliphatic heterocycles. The summed E-state index contributed by atoms with van der Waals surface area (Å²) in [7, 11) is 2.50. The third kappa shape index (κ3) is 53.9. The maximum atomic E-state index is 7.00. The van der Waals surface area contributed by atoms with Crippen LogP contribution in [0.25, 0.3) is 12.2 Å². The monoisotopic (exact) mass is 767 g/mol. The molecule has 1 aliphatic carbocycles. The summed E-state index contributed by atoms with van der Waals surface area (Å²) in [5.74, 6) is 0. The molecule has 0 bridgehead atoms. The van der Waals surface area contributed by atoms with Gasteiger partial charge in [0.05, 0.1) is 0 Å². The predicted octanol–water partition coefficient (Wildman–Crippen LogP) is 12.4. The molecule has 1 fully saturated rings. The molecule has 5 aromatic rings. The van der Waals surface area contributed by atoms with E-state index in [9.17, 15) is 0 Å². The summed E-state index contributed by atoms with van der Waals surface area (Å²) in [6.45, 7) is 18.8. The van der Waals surface area contributed by atoms with E-state index < -0.39 is 0 Å². The lowest BCUT2D eigenvalue weighted by molar-refractivity contribution is 0.399. The van der Waals surface area contributed by atoms with Crippen LogP contribution in [0.4, 0.5) is 0 Å². The lowest BCUT2D eigenvalue weighted by Gasteiger charge is -1.85. The third-order valence-electron chi connectivity index (χ3n) is 5.25. The number of aliphatic hydroxyl groups excluding tert-OH is 1. The van der Waals surface area contributed by atoms with Crippen molar-refractivity contribution in [3.8, 4) is 0 Å². The number of rotatable bonds is 2. The Kier molecular flexibility index (Phi) is 66.4. The summed E-state index contributed by atoms with van der Waals surface area (Å²) < 4.78 is 0. The largest absolute Gasteiger partial charge is 0.400 e. The number of hydrogen-bond donors (Lipinski definition) is 2. The SMILES string of the molecule is C1CC1.C=CC.C=Cc1ccccc1.C=Cc1ccccc1.CN.CO.Cc1ccccc1.Cc1ccccc1.Cc1ccccc1.P.P.P.P. The summed E-state index contributed by atoms with van der Waals surface area (Å²) in [5.41, 5.74) is 10.8. The van der Waals surface area contributed by atoms with Crippen molar-refractivity contribution in [1.82, 2.24) is 0 Å². The van der Waals surface area contributed by atoms with Crippen LogP contribution < -0.4 is 5.73 Å². The summed E-state index contributed by atoms with van der Waals surface area (Å²) in [6.07, 6.45) is 9.92. The number of hydrogen-bond acceptors (Lipinski definition) is 2. The van der Waals surface area contributed by atoms with E-state index in [1.165, 1.54) is 54.1 Å². The Morgan fingerprint density at radius 1 is 0.412 bits per heavy atom. The molecule has 1 aliphatic rings. The lowest BCUT2D eigenvalue weighted by atomic mass is 10.2. The molecular formula is C45H73NOP4. The minimum absolute atomic E-state index is 0. The van der Waals surface area contributed by atoms with Gasteiger partial charge in [0, 0.05) is 7.11 Å². The van der Waals surface area contributed by atoms with Crippen molar-refractivity contribution in [2.24, 2.45) is 5.73 Å². The first kappa shape index (κ1) is 63.0. The first-order chi connectivity index (χ1) is 23.0. The van der Waals surface area contributed by atoms with Crippen LogP contribution in [0.5, 0.6) is 0 Å². The maximum Gasteiger partial charge on any atom is 0.0319 e. The molecule has 284 valence electrons. The second-order valence-corrected chi connectivity index (χ2v) is 9.66. The molecule has 0 spiro atoms. The predicted molar refractivity (Wildman–Crippen MR) is 259 cm³/mol. The highest BCUT2D eigenvalue weighted by molar-refractivity contribution is 6.92. The molecule has 51 heavy (non-hydrogen) atoms. The van der Waals surface area contributed by atoms with Crippen LogP contribution in [-0.2, 0) is 0 Å². The molecule has 0 amide bonds. The van der Waals surface area contributed by atoms with E-state index in [2.05, 4.69) is 82.6 Å². The highest BCUT2D eigenvalue weighted by atomic mass is 31.0. The summed E-state index contributed by atoms with van der Waals surface area (Å²) in [4.78, 5) is 0. The number of nitrogens with two attached hydrogens (primary N) is 1. The van der Waals surface area contributed by atoms with Crippen molar-refractivity contribution in [2.45, 2.75) is 47.0 Å². The van der Waals surface area contributed by atoms with E-state index in [-0.39, 0.29) is 39.6 Å². The fourth-order valence-corrected chi connectivity index (χ4v) is 2.78. The van der Waals surface area contributed by atoms with Crippen LogP contribution >= 0.6 is 39.6 Å². The summed E-state index contributed by atoms with van der Waals surface area (Å²) in [5, 5.41) is 7.00. The average molecular weight is 768 g/mol. The normalized spacial score (nSPS) is 8.16. The van der Waals surface area contributed by atoms with Gasteiger partial charge in [0.25, 0.3) is 0 Å². The zero-order chi connectivity index (χ0) is 35.8. The second-order valence-electron chi connectivity index (χ2n) is 9.66. The fourth-order valence-electron chi connectivity index (χ4n) is 2.78. The topological polar surface area (TPSA) is 46.2 Å². The molecule has 6 heteroatoms. The third-order valence-corrected chi connectivity index (χ3v) is 5.25. The van der Waals surface area contributed by atoms with Gasteiger partial charge in [-0.15, -0.1) is 6.58 Å². The zero-order valence-electron chi connectivity index (χ0n) is 32.8. The molecule has 6 rings (SSSR count). The van der Waals surface area contributed by atoms with Gasteiger partial charge in [0.1, 0.15) is 0 Å². The van der Waals surface area contributed by atoms with Crippen molar-refractivity contribution < 1.29 is 5.11 Å². The fraction of sp³-hybridized carbons (Fsp3) is 0.200. The molecule has 1 saturated carbocycles. The van der Waals surface area contributed by atoms with Gasteiger partial charge in [-0.05, 0) is 45.9 Å². The quantitative estimate of drug-likeness (QED) is 0.139. The van der Waals surface area contributed by atoms with Crippen LogP contribution in [0.3, 0.4) is 0 Å². The van der Waals surface area contributed by atoms with Crippen LogP contribution in [0, 0.1) is 20.8 Å². The van der Waals surface area contributed by atoms with Gasteiger partial charge in [-0.2, -0.15) is 39.6 Å². The number of benzene rings is 5. The van der Waals surface area contributed by atoms with Gasteiger partial charge >= 0.3 is 0 Å². The molecule has 0 radical (unpaired) electrons. The van der Waals surface area contributed by atoms with Gasteiger partial charge in [-0.3, -0.25) is 0 Å². The van der Waals surface area contributed by atoms with E-state index in [1.54, 1.807) is 6.08 Å². The molecule has 2 nitrogen and oxygen atoms in total. The molecule has 4 atom stereocenters. The van der Waals surface area contributed by atoms with Gasteiger partial charge < -0.3 is 10.8 Å². The van der Waals surface area contributed by atoms with Gasteiger partial charge in [-0.1, -0.05) is 219 Å². The number of aliphatic hydroxyl groups is 1.